The third-order valence-electron chi connectivity index (χ3n) is 2.78. The SMILES string of the molecule is N#CCC[C@H]1C[C@@H]1c1ccccc1. The number of hydrogen-bond donors (Lipinski definition) is 0. The van der Waals surface area contributed by atoms with E-state index in [1.807, 2.05) is 0 Å². The fourth-order valence-corrected chi connectivity index (χ4v) is 1.93. The average Bonchev–Trinajstić information content (AvgIpc) is 2.95. The van der Waals surface area contributed by atoms with Crippen molar-refractivity contribution in [2.45, 2.75) is 25.2 Å². The molecule has 1 aromatic carbocycles. The van der Waals surface area contributed by atoms with E-state index >= 15 is 0 Å². The summed E-state index contributed by atoms with van der Waals surface area (Å²) in [7, 11) is 0. The zero-order chi connectivity index (χ0) is 9.10. The third-order valence-corrected chi connectivity index (χ3v) is 2.78. The molecule has 0 bridgehead atoms. The van der Waals surface area contributed by atoms with Crippen LogP contribution in [0, 0.1) is 17.2 Å². The molecule has 0 amide bonds. The van der Waals surface area contributed by atoms with Crippen molar-refractivity contribution in [1.29, 1.82) is 5.26 Å². The highest BCUT2D eigenvalue weighted by Gasteiger charge is 2.37. The largest absolute Gasteiger partial charge is 0.198 e. The molecule has 0 N–H and O–H groups in total. The smallest absolute Gasteiger partial charge is 0.0621 e. The standard InChI is InChI=1S/C12H13N/c13-8-4-7-11-9-12(11)10-5-2-1-3-6-10/h1-3,5-6,11-12H,4,7,9H2/t11-,12+/m0/s1. The Morgan fingerprint density at radius 3 is 2.77 bits per heavy atom. The van der Waals surface area contributed by atoms with E-state index < -0.39 is 0 Å². The first-order valence-corrected chi connectivity index (χ1v) is 4.83. The van der Waals surface area contributed by atoms with Crippen LogP contribution in [0.2, 0.25) is 0 Å². The van der Waals surface area contributed by atoms with E-state index in [0.717, 1.165) is 18.3 Å². The lowest BCUT2D eigenvalue weighted by Crippen LogP contribution is -1.82. The van der Waals surface area contributed by atoms with Crippen molar-refractivity contribution in [2.75, 3.05) is 0 Å². The number of nitrogens with zero attached hydrogens (tertiary/aromatic N) is 1. The average molecular weight is 171 g/mol. The Bertz CT molecular complexity index is 310. The highest BCUT2D eigenvalue weighted by Crippen LogP contribution is 2.49. The molecule has 2 atom stereocenters. The van der Waals surface area contributed by atoms with E-state index in [9.17, 15) is 0 Å². The minimum Gasteiger partial charge on any atom is -0.198 e. The minimum absolute atomic E-state index is 0.716. The summed E-state index contributed by atoms with van der Waals surface area (Å²) in [6.07, 6.45) is 3.08. The van der Waals surface area contributed by atoms with Gasteiger partial charge in [0.1, 0.15) is 0 Å². The van der Waals surface area contributed by atoms with Gasteiger partial charge in [-0.3, -0.25) is 0 Å². The second-order valence-corrected chi connectivity index (χ2v) is 3.71. The van der Waals surface area contributed by atoms with Gasteiger partial charge in [0.25, 0.3) is 0 Å². The van der Waals surface area contributed by atoms with Crippen molar-refractivity contribution in [1.82, 2.24) is 0 Å². The molecule has 1 aliphatic carbocycles. The molecule has 0 unspecified atom stereocenters. The molecular weight excluding hydrogens is 158 g/mol. The first-order chi connectivity index (χ1) is 6.42. The van der Waals surface area contributed by atoms with Crippen LogP contribution in [0.25, 0.3) is 0 Å². The molecule has 0 heterocycles. The Labute approximate surface area is 79.0 Å². The summed E-state index contributed by atoms with van der Waals surface area (Å²) in [6.45, 7) is 0. The molecule has 0 aromatic heterocycles. The van der Waals surface area contributed by atoms with Crippen molar-refractivity contribution in [3.8, 4) is 6.07 Å². The normalized spacial score (nSPS) is 25.2. The summed E-state index contributed by atoms with van der Waals surface area (Å²) in [5.41, 5.74) is 1.45. The van der Waals surface area contributed by atoms with Crippen molar-refractivity contribution in [2.24, 2.45) is 5.92 Å². The van der Waals surface area contributed by atoms with Gasteiger partial charge in [0.2, 0.25) is 0 Å². The van der Waals surface area contributed by atoms with Gasteiger partial charge in [-0.1, -0.05) is 30.3 Å². The van der Waals surface area contributed by atoms with Crippen LogP contribution in [0.5, 0.6) is 0 Å². The van der Waals surface area contributed by atoms with Crippen LogP contribution in [0.1, 0.15) is 30.7 Å². The van der Waals surface area contributed by atoms with Gasteiger partial charge in [0.15, 0.2) is 0 Å². The lowest BCUT2D eigenvalue weighted by Gasteiger charge is -1.97. The van der Waals surface area contributed by atoms with Gasteiger partial charge in [-0.15, -0.1) is 0 Å². The molecule has 0 saturated heterocycles. The quantitative estimate of drug-likeness (QED) is 0.685. The zero-order valence-electron chi connectivity index (χ0n) is 7.61. The molecule has 13 heavy (non-hydrogen) atoms. The Balaban J connectivity index is 1.90. The van der Waals surface area contributed by atoms with Gasteiger partial charge in [-0.25, -0.2) is 0 Å². The fraction of sp³-hybridized carbons (Fsp3) is 0.417. The van der Waals surface area contributed by atoms with Gasteiger partial charge in [-0.05, 0) is 30.2 Å². The van der Waals surface area contributed by atoms with E-state index in [-0.39, 0.29) is 0 Å². The second-order valence-electron chi connectivity index (χ2n) is 3.71. The molecule has 1 saturated carbocycles. The second kappa shape index (κ2) is 3.62. The number of hydrogen-bond acceptors (Lipinski definition) is 1. The summed E-state index contributed by atoms with van der Waals surface area (Å²) in [4.78, 5) is 0. The van der Waals surface area contributed by atoms with E-state index in [0.29, 0.717) is 6.42 Å². The number of benzene rings is 1. The summed E-state index contributed by atoms with van der Waals surface area (Å²) < 4.78 is 0. The predicted molar refractivity (Wildman–Crippen MR) is 52.1 cm³/mol. The van der Waals surface area contributed by atoms with Crippen LogP contribution in [0.3, 0.4) is 0 Å². The molecular formula is C12H13N. The summed E-state index contributed by atoms with van der Waals surface area (Å²) in [5, 5.41) is 8.45. The molecule has 0 spiro atoms. The van der Waals surface area contributed by atoms with E-state index in [1.165, 1.54) is 12.0 Å². The highest BCUT2D eigenvalue weighted by atomic mass is 14.4. The Kier molecular flexibility index (Phi) is 2.31. The van der Waals surface area contributed by atoms with E-state index in [2.05, 4.69) is 36.4 Å². The zero-order valence-corrected chi connectivity index (χ0v) is 7.61. The Morgan fingerprint density at radius 2 is 2.08 bits per heavy atom. The predicted octanol–water partition coefficient (Wildman–Crippen LogP) is 3.09. The van der Waals surface area contributed by atoms with Crippen LogP contribution < -0.4 is 0 Å². The van der Waals surface area contributed by atoms with Crippen LogP contribution in [-0.4, -0.2) is 0 Å². The molecule has 1 nitrogen and oxygen atoms in total. The van der Waals surface area contributed by atoms with Crippen molar-refractivity contribution >= 4 is 0 Å². The van der Waals surface area contributed by atoms with Crippen LogP contribution >= 0.6 is 0 Å². The maximum Gasteiger partial charge on any atom is 0.0621 e. The monoisotopic (exact) mass is 171 g/mol. The molecule has 0 aliphatic heterocycles. The minimum atomic E-state index is 0.716. The lowest BCUT2D eigenvalue weighted by molar-refractivity contribution is 0.722. The molecule has 2 rings (SSSR count). The van der Waals surface area contributed by atoms with Crippen LogP contribution in [0.4, 0.5) is 0 Å². The number of nitriles is 1. The molecule has 1 aromatic rings. The first kappa shape index (κ1) is 8.31. The van der Waals surface area contributed by atoms with Gasteiger partial charge in [-0.2, -0.15) is 5.26 Å². The highest BCUT2D eigenvalue weighted by molar-refractivity contribution is 5.25. The molecule has 1 fully saturated rings. The maximum absolute atomic E-state index is 8.45. The Hall–Kier alpha value is -1.29. The van der Waals surface area contributed by atoms with Gasteiger partial charge in [0.05, 0.1) is 6.07 Å². The van der Waals surface area contributed by atoms with E-state index in [1.54, 1.807) is 0 Å². The fourth-order valence-electron chi connectivity index (χ4n) is 1.93. The van der Waals surface area contributed by atoms with Crippen molar-refractivity contribution in [3.05, 3.63) is 35.9 Å². The molecule has 0 radical (unpaired) electrons. The van der Waals surface area contributed by atoms with Crippen LogP contribution in [0.15, 0.2) is 30.3 Å². The topological polar surface area (TPSA) is 23.8 Å². The van der Waals surface area contributed by atoms with Gasteiger partial charge in [0, 0.05) is 6.42 Å². The van der Waals surface area contributed by atoms with Gasteiger partial charge < -0.3 is 0 Å². The summed E-state index contributed by atoms with van der Waals surface area (Å²) in [5.74, 6) is 1.52. The molecule has 1 aliphatic rings. The number of rotatable bonds is 3. The Morgan fingerprint density at radius 1 is 1.31 bits per heavy atom. The van der Waals surface area contributed by atoms with Gasteiger partial charge >= 0.3 is 0 Å². The van der Waals surface area contributed by atoms with E-state index in [4.69, 9.17) is 5.26 Å². The van der Waals surface area contributed by atoms with Crippen LogP contribution in [-0.2, 0) is 0 Å². The lowest BCUT2D eigenvalue weighted by atomic mass is 10.1. The third kappa shape index (κ3) is 1.89. The first-order valence-electron chi connectivity index (χ1n) is 4.83. The molecule has 1 heteroatoms. The van der Waals surface area contributed by atoms with Crippen molar-refractivity contribution in [3.63, 3.8) is 0 Å². The summed E-state index contributed by atoms with van der Waals surface area (Å²) >= 11 is 0. The summed E-state index contributed by atoms with van der Waals surface area (Å²) in [6, 6.07) is 12.8. The molecule has 66 valence electrons. The maximum atomic E-state index is 8.45. The van der Waals surface area contributed by atoms with Crippen molar-refractivity contribution < 1.29 is 0 Å².